The first kappa shape index (κ1) is 11.4. The number of furan rings is 1. The minimum absolute atomic E-state index is 0.262. The molecule has 0 spiro atoms. The molecular formula is C12H10BrFO2. The first-order valence-electron chi connectivity index (χ1n) is 4.80. The predicted octanol–water partition coefficient (Wildman–Crippen LogP) is 3.90. The SMILES string of the molecule is Fc1ccc(COCc2ccco2)c(Br)c1. The van der Waals surface area contributed by atoms with Crippen molar-refractivity contribution in [1.29, 1.82) is 0 Å². The largest absolute Gasteiger partial charge is 0.467 e. The van der Waals surface area contributed by atoms with Crippen LogP contribution in [0.2, 0.25) is 0 Å². The van der Waals surface area contributed by atoms with Gasteiger partial charge in [0.05, 0.1) is 12.9 Å². The van der Waals surface area contributed by atoms with Crippen molar-refractivity contribution >= 4 is 15.9 Å². The van der Waals surface area contributed by atoms with Gasteiger partial charge in [0.2, 0.25) is 0 Å². The first-order chi connectivity index (χ1) is 7.75. The lowest BCUT2D eigenvalue weighted by molar-refractivity contribution is 0.0925. The van der Waals surface area contributed by atoms with Gasteiger partial charge in [0.15, 0.2) is 0 Å². The molecule has 0 fully saturated rings. The minimum Gasteiger partial charge on any atom is -0.467 e. The molecule has 0 amide bonds. The number of rotatable bonds is 4. The van der Waals surface area contributed by atoms with E-state index in [1.165, 1.54) is 12.1 Å². The van der Waals surface area contributed by atoms with Gasteiger partial charge in [-0.15, -0.1) is 0 Å². The van der Waals surface area contributed by atoms with Gasteiger partial charge < -0.3 is 9.15 Å². The normalized spacial score (nSPS) is 10.6. The number of halogens is 2. The van der Waals surface area contributed by atoms with Gasteiger partial charge in [-0.3, -0.25) is 0 Å². The van der Waals surface area contributed by atoms with Crippen molar-refractivity contribution in [3.8, 4) is 0 Å². The molecule has 2 rings (SSSR count). The quantitative estimate of drug-likeness (QED) is 0.850. The Bertz CT molecular complexity index is 454. The average molecular weight is 285 g/mol. The van der Waals surface area contributed by atoms with E-state index in [2.05, 4.69) is 15.9 Å². The minimum atomic E-state index is -0.262. The summed E-state index contributed by atoms with van der Waals surface area (Å²) in [4.78, 5) is 0. The van der Waals surface area contributed by atoms with Crippen molar-refractivity contribution in [1.82, 2.24) is 0 Å². The van der Waals surface area contributed by atoms with Gasteiger partial charge in [0.1, 0.15) is 18.2 Å². The Morgan fingerprint density at radius 2 is 2.12 bits per heavy atom. The molecule has 4 heteroatoms. The molecule has 16 heavy (non-hydrogen) atoms. The highest BCUT2D eigenvalue weighted by Gasteiger charge is 2.02. The fourth-order valence-electron chi connectivity index (χ4n) is 1.30. The van der Waals surface area contributed by atoms with Gasteiger partial charge in [-0.2, -0.15) is 0 Å². The van der Waals surface area contributed by atoms with Crippen molar-refractivity contribution in [3.63, 3.8) is 0 Å². The van der Waals surface area contributed by atoms with E-state index in [1.807, 2.05) is 12.1 Å². The zero-order chi connectivity index (χ0) is 11.4. The number of ether oxygens (including phenoxy) is 1. The van der Waals surface area contributed by atoms with E-state index in [4.69, 9.17) is 9.15 Å². The second kappa shape index (κ2) is 5.27. The fourth-order valence-corrected chi connectivity index (χ4v) is 1.76. The molecule has 2 aromatic rings. The topological polar surface area (TPSA) is 22.4 Å². The van der Waals surface area contributed by atoms with E-state index in [0.29, 0.717) is 17.7 Å². The molecule has 0 saturated heterocycles. The number of hydrogen-bond donors (Lipinski definition) is 0. The van der Waals surface area contributed by atoms with Crippen molar-refractivity contribution in [3.05, 3.63) is 58.2 Å². The standard InChI is InChI=1S/C12H10BrFO2/c13-12-6-10(14)4-3-9(12)7-15-8-11-2-1-5-16-11/h1-6H,7-8H2. The smallest absolute Gasteiger partial charge is 0.129 e. The van der Waals surface area contributed by atoms with Gasteiger partial charge in [-0.25, -0.2) is 4.39 Å². The van der Waals surface area contributed by atoms with E-state index < -0.39 is 0 Å². The van der Waals surface area contributed by atoms with Crippen LogP contribution in [0.1, 0.15) is 11.3 Å². The Morgan fingerprint density at radius 1 is 1.25 bits per heavy atom. The Balaban J connectivity index is 1.90. The second-order valence-corrected chi connectivity index (χ2v) is 4.16. The summed E-state index contributed by atoms with van der Waals surface area (Å²) in [6, 6.07) is 8.19. The summed E-state index contributed by atoms with van der Waals surface area (Å²) in [6.45, 7) is 0.832. The van der Waals surface area contributed by atoms with Crippen LogP contribution >= 0.6 is 15.9 Å². The van der Waals surface area contributed by atoms with Crippen LogP contribution in [0.25, 0.3) is 0 Å². The Kier molecular flexibility index (Phi) is 3.74. The van der Waals surface area contributed by atoms with Crippen LogP contribution in [-0.4, -0.2) is 0 Å². The summed E-state index contributed by atoms with van der Waals surface area (Å²) in [5.41, 5.74) is 0.910. The van der Waals surface area contributed by atoms with Gasteiger partial charge >= 0.3 is 0 Å². The van der Waals surface area contributed by atoms with Crippen molar-refractivity contribution in [2.24, 2.45) is 0 Å². The van der Waals surface area contributed by atoms with Gasteiger partial charge in [0, 0.05) is 4.47 Å². The predicted molar refractivity (Wildman–Crippen MR) is 61.3 cm³/mol. The Hall–Kier alpha value is -1.13. The summed E-state index contributed by atoms with van der Waals surface area (Å²) >= 11 is 3.28. The van der Waals surface area contributed by atoms with Crippen LogP contribution < -0.4 is 0 Å². The van der Waals surface area contributed by atoms with Crippen LogP contribution in [0.5, 0.6) is 0 Å². The average Bonchev–Trinajstić information content (AvgIpc) is 2.74. The lowest BCUT2D eigenvalue weighted by Crippen LogP contribution is -1.94. The fraction of sp³-hybridized carbons (Fsp3) is 0.167. The molecule has 0 aliphatic heterocycles. The first-order valence-corrected chi connectivity index (χ1v) is 5.59. The molecule has 0 saturated carbocycles. The van der Waals surface area contributed by atoms with E-state index >= 15 is 0 Å². The Morgan fingerprint density at radius 3 is 2.81 bits per heavy atom. The zero-order valence-electron chi connectivity index (χ0n) is 8.45. The number of hydrogen-bond acceptors (Lipinski definition) is 2. The molecule has 0 N–H and O–H groups in total. The maximum absolute atomic E-state index is 12.8. The Labute approximate surface area is 101 Å². The molecule has 1 aromatic heterocycles. The number of benzene rings is 1. The van der Waals surface area contributed by atoms with E-state index in [-0.39, 0.29) is 5.82 Å². The van der Waals surface area contributed by atoms with Crippen LogP contribution in [0, 0.1) is 5.82 Å². The third kappa shape index (κ3) is 2.93. The third-order valence-corrected chi connectivity index (χ3v) is 2.84. The highest BCUT2D eigenvalue weighted by molar-refractivity contribution is 9.10. The van der Waals surface area contributed by atoms with Crippen LogP contribution in [0.15, 0.2) is 45.5 Å². The summed E-state index contributed by atoms with van der Waals surface area (Å²) in [5.74, 6) is 0.514. The summed E-state index contributed by atoms with van der Waals surface area (Å²) in [5, 5.41) is 0. The summed E-state index contributed by atoms with van der Waals surface area (Å²) < 4.78 is 24.1. The molecule has 1 aromatic carbocycles. The highest BCUT2D eigenvalue weighted by Crippen LogP contribution is 2.19. The highest BCUT2D eigenvalue weighted by atomic mass is 79.9. The van der Waals surface area contributed by atoms with Crippen LogP contribution in [-0.2, 0) is 18.0 Å². The summed E-state index contributed by atoms with van der Waals surface area (Å²) in [7, 11) is 0. The lowest BCUT2D eigenvalue weighted by atomic mass is 10.2. The van der Waals surface area contributed by atoms with Crippen molar-refractivity contribution in [2.45, 2.75) is 13.2 Å². The molecule has 0 radical (unpaired) electrons. The van der Waals surface area contributed by atoms with Crippen LogP contribution in [0.4, 0.5) is 4.39 Å². The van der Waals surface area contributed by atoms with Gasteiger partial charge in [-0.05, 0) is 29.8 Å². The van der Waals surface area contributed by atoms with Gasteiger partial charge in [0.25, 0.3) is 0 Å². The van der Waals surface area contributed by atoms with Crippen LogP contribution in [0.3, 0.4) is 0 Å². The monoisotopic (exact) mass is 284 g/mol. The van der Waals surface area contributed by atoms with E-state index in [1.54, 1.807) is 12.3 Å². The van der Waals surface area contributed by atoms with E-state index in [9.17, 15) is 4.39 Å². The third-order valence-electron chi connectivity index (χ3n) is 2.10. The lowest BCUT2D eigenvalue weighted by Gasteiger charge is -2.05. The van der Waals surface area contributed by atoms with E-state index in [0.717, 1.165) is 11.3 Å². The second-order valence-electron chi connectivity index (χ2n) is 3.31. The summed E-state index contributed by atoms with van der Waals surface area (Å²) in [6.07, 6.45) is 1.60. The van der Waals surface area contributed by atoms with Gasteiger partial charge in [-0.1, -0.05) is 22.0 Å². The molecule has 0 bridgehead atoms. The molecule has 0 aliphatic rings. The zero-order valence-corrected chi connectivity index (χ0v) is 10.0. The van der Waals surface area contributed by atoms with Crippen molar-refractivity contribution in [2.75, 3.05) is 0 Å². The maximum Gasteiger partial charge on any atom is 0.129 e. The molecule has 84 valence electrons. The maximum atomic E-state index is 12.8. The molecule has 1 heterocycles. The molecule has 0 atom stereocenters. The molecule has 0 unspecified atom stereocenters. The molecular weight excluding hydrogens is 275 g/mol. The van der Waals surface area contributed by atoms with Crippen molar-refractivity contribution < 1.29 is 13.5 Å². The molecule has 0 aliphatic carbocycles. The molecule has 2 nitrogen and oxygen atoms in total.